The summed E-state index contributed by atoms with van der Waals surface area (Å²) in [6, 6.07) is 8.69. The van der Waals surface area contributed by atoms with E-state index in [9.17, 15) is 4.79 Å². The van der Waals surface area contributed by atoms with Gasteiger partial charge in [0.1, 0.15) is 0 Å². The summed E-state index contributed by atoms with van der Waals surface area (Å²) in [5, 5.41) is 5.80. The van der Waals surface area contributed by atoms with E-state index in [2.05, 4.69) is 22.8 Å². The lowest BCUT2D eigenvalue weighted by atomic mass is 9.83. The minimum atomic E-state index is 0.0365. The third-order valence-electron chi connectivity index (χ3n) is 2.64. The molecule has 1 atom stereocenters. The average Bonchev–Trinajstić information content (AvgIpc) is 2.19. The van der Waals surface area contributed by atoms with Gasteiger partial charge in [-0.1, -0.05) is 24.3 Å². The first-order valence-corrected chi connectivity index (χ1v) is 4.83. The number of carbonyl (C=O) groups excluding carboxylic acids is 1. The number of carbonyl (C=O) groups is 1. The van der Waals surface area contributed by atoms with Gasteiger partial charge >= 0.3 is 0 Å². The van der Waals surface area contributed by atoms with E-state index in [-0.39, 0.29) is 5.91 Å². The Kier molecular flexibility index (Phi) is 2.50. The molecule has 74 valence electrons. The monoisotopic (exact) mass is 190 g/mol. The Labute approximate surface area is 83.5 Å². The smallest absolute Gasteiger partial charge is 0.233 e. The Bertz CT molecular complexity index is 349. The van der Waals surface area contributed by atoms with E-state index in [1.807, 2.05) is 12.1 Å². The molecular formula is C11H14N2O. The predicted octanol–water partition coefficient (Wildman–Crippen LogP) is 0.619. The number of nitrogens with one attached hydrogen (secondary N) is 2. The Morgan fingerprint density at radius 1 is 1.50 bits per heavy atom. The van der Waals surface area contributed by atoms with E-state index in [0.717, 1.165) is 6.42 Å². The van der Waals surface area contributed by atoms with Crippen LogP contribution in [0.25, 0.3) is 0 Å². The Balaban J connectivity index is 1.90. The van der Waals surface area contributed by atoms with Crippen molar-refractivity contribution < 1.29 is 4.79 Å². The number of likely N-dealkylation sites (N-methyl/N-ethyl adjacent to an activating group) is 1. The Hall–Kier alpha value is -1.35. The lowest BCUT2D eigenvalue weighted by Crippen LogP contribution is -2.38. The number of fused-ring (bicyclic) bond motifs is 1. The summed E-state index contributed by atoms with van der Waals surface area (Å²) in [6.45, 7) is 0.398. The Morgan fingerprint density at radius 2 is 2.29 bits per heavy atom. The van der Waals surface area contributed by atoms with Crippen molar-refractivity contribution in [3.05, 3.63) is 35.4 Å². The van der Waals surface area contributed by atoms with E-state index < -0.39 is 0 Å². The minimum absolute atomic E-state index is 0.0365. The summed E-state index contributed by atoms with van der Waals surface area (Å²) in [5.74, 6) is 0.0365. The van der Waals surface area contributed by atoms with Gasteiger partial charge in [-0.3, -0.25) is 4.79 Å². The lowest BCUT2D eigenvalue weighted by molar-refractivity contribution is -0.119. The summed E-state index contributed by atoms with van der Waals surface area (Å²) < 4.78 is 0. The van der Waals surface area contributed by atoms with Crippen LogP contribution in [0.1, 0.15) is 17.2 Å². The molecule has 0 aromatic heterocycles. The first-order valence-electron chi connectivity index (χ1n) is 4.83. The molecule has 2 N–H and O–H groups in total. The van der Waals surface area contributed by atoms with Gasteiger partial charge in [-0.15, -0.1) is 0 Å². The van der Waals surface area contributed by atoms with Crippen LogP contribution in [0.2, 0.25) is 0 Å². The first-order chi connectivity index (χ1) is 6.81. The van der Waals surface area contributed by atoms with E-state index >= 15 is 0 Å². The topological polar surface area (TPSA) is 41.1 Å². The molecular weight excluding hydrogens is 176 g/mol. The highest BCUT2D eigenvalue weighted by atomic mass is 16.1. The number of hydrogen-bond donors (Lipinski definition) is 2. The van der Waals surface area contributed by atoms with Crippen molar-refractivity contribution in [1.82, 2.24) is 10.6 Å². The molecule has 0 fully saturated rings. The summed E-state index contributed by atoms with van der Waals surface area (Å²) in [7, 11) is 1.65. The highest BCUT2D eigenvalue weighted by molar-refractivity contribution is 5.77. The zero-order chi connectivity index (χ0) is 9.97. The van der Waals surface area contributed by atoms with Crippen molar-refractivity contribution in [1.29, 1.82) is 0 Å². The second-order valence-corrected chi connectivity index (χ2v) is 3.51. The first kappa shape index (κ1) is 9.21. The molecule has 0 aliphatic heterocycles. The average molecular weight is 190 g/mol. The molecule has 0 saturated carbocycles. The van der Waals surface area contributed by atoms with E-state index in [1.165, 1.54) is 11.1 Å². The van der Waals surface area contributed by atoms with E-state index in [0.29, 0.717) is 12.6 Å². The summed E-state index contributed by atoms with van der Waals surface area (Å²) in [6.07, 6.45) is 1.03. The zero-order valence-corrected chi connectivity index (χ0v) is 8.21. The largest absolute Gasteiger partial charge is 0.358 e. The van der Waals surface area contributed by atoms with Gasteiger partial charge in [0.25, 0.3) is 0 Å². The van der Waals surface area contributed by atoms with Gasteiger partial charge in [0.2, 0.25) is 5.91 Å². The predicted molar refractivity (Wildman–Crippen MR) is 55.0 cm³/mol. The molecule has 14 heavy (non-hydrogen) atoms. The maximum atomic E-state index is 11.0. The second kappa shape index (κ2) is 3.80. The van der Waals surface area contributed by atoms with Crippen LogP contribution >= 0.6 is 0 Å². The van der Waals surface area contributed by atoms with Crippen molar-refractivity contribution in [3.63, 3.8) is 0 Å². The maximum absolute atomic E-state index is 11.0. The van der Waals surface area contributed by atoms with Crippen molar-refractivity contribution >= 4 is 5.91 Å². The molecule has 1 amide bonds. The molecule has 1 unspecified atom stereocenters. The molecule has 1 aliphatic carbocycles. The van der Waals surface area contributed by atoms with E-state index in [4.69, 9.17) is 0 Å². The normalized spacial score (nSPS) is 18.2. The molecule has 0 heterocycles. The highest BCUT2D eigenvalue weighted by Gasteiger charge is 2.24. The molecule has 0 bridgehead atoms. The molecule has 3 heteroatoms. The molecule has 0 spiro atoms. The van der Waals surface area contributed by atoms with Crippen LogP contribution in [0.3, 0.4) is 0 Å². The Morgan fingerprint density at radius 3 is 3.00 bits per heavy atom. The van der Waals surface area contributed by atoms with Gasteiger partial charge in [-0.05, 0) is 17.5 Å². The van der Waals surface area contributed by atoms with Gasteiger partial charge < -0.3 is 10.6 Å². The SMILES string of the molecule is CNC(=O)CNC1Cc2ccccc21. The van der Waals surface area contributed by atoms with Crippen molar-refractivity contribution in [2.75, 3.05) is 13.6 Å². The van der Waals surface area contributed by atoms with Crippen molar-refractivity contribution in [3.8, 4) is 0 Å². The van der Waals surface area contributed by atoms with Crippen LogP contribution in [0.4, 0.5) is 0 Å². The highest BCUT2D eigenvalue weighted by Crippen LogP contribution is 2.31. The third-order valence-corrected chi connectivity index (χ3v) is 2.64. The summed E-state index contributed by atoms with van der Waals surface area (Å²) in [5.41, 5.74) is 2.72. The lowest BCUT2D eigenvalue weighted by Gasteiger charge is -2.30. The fourth-order valence-electron chi connectivity index (χ4n) is 1.75. The van der Waals surface area contributed by atoms with Crippen LogP contribution in [0, 0.1) is 0 Å². The zero-order valence-electron chi connectivity index (χ0n) is 8.21. The van der Waals surface area contributed by atoms with Crippen LogP contribution in [-0.4, -0.2) is 19.5 Å². The number of rotatable bonds is 3. The third kappa shape index (κ3) is 1.63. The molecule has 1 aromatic rings. The van der Waals surface area contributed by atoms with Gasteiger partial charge in [-0.2, -0.15) is 0 Å². The fourth-order valence-corrected chi connectivity index (χ4v) is 1.75. The molecule has 3 nitrogen and oxygen atoms in total. The molecule has 1 aromatic carbocycles. The number of amides is 1. The summed E-state index contributed by atoms with van der Waals surface area (Å²) in [4.78, 5) is 11.0. The molecule has 2 rings (SSSR count). The van der Waals surface area contributed by atoms with Crippen LogP contribution < -0.4 is 10.6 Å². The number of hydrogen-bond acceptors (Lipinski definition) is 2. The van der Waals surface area contributed by atoms with Crippen LogP contribution in [0.5, 0.6) is 0 Å². The fraction of sp³-hybridized carbons (Fsp3) is 0.364. The second-order valence-electron chi connectivity index (χ2n) is 3.51. The molecule has 1 aliphatic rings. The molecule has 0 saturated heterocycles. The number of benzene rings is 1. The van der Waals surface area contributed by atoms with Gasteiger partial charge in [0.15, 0.2) is 0 Å². The van der Waals surface area contributed by atoms with Crippen LogP contribution in [-0.2, 0) is 11.2 Å². The standard InChI is InChI=1S/C11H14N2O/c1-12-11(14)7-13-10-6-8-4-2-3-5-9(8)10/h2-5,10,13H,6-7H2,1H3,(H,12,14). The van der Waals surface area contributed by atoms with Gasteiger partial charge in [-0.25, -0.2) is 0 Å². The quantitative estimate of drug-likeness (QED) is 0.733. The molecule has 0 radical (unpaired) electrons. The van der Waals surface area contributed by atoms with E-state index in [1.54, 1.807) is 7.05 Å². The van der Waals surface area contributed by atoms with Crippen molar-refractivity contribution in [2.45, 2.75) is 12.5 Å². The van der Waals surface area contributed by atoms with Gasteiger partial charge in [0.05, 0.1) is 6.54 Å². The van der Waals surface area contributed by atoms with Gasteiger partial charge in [0, 0.05) is 13.1 Å². The van der Waals surface area contributed by atoms with Crippen molar-refractivity contribution in [2.24, 2.45) is 0 Å². The minimum Gasteiger partial charge on any atom is -0.358 e. The summed E-state index contributed by atoms with van der Waals surface area (Å²) >= 11 is 0. The van der Waals surface area contributed by atoms with Crippen LogP contribution in [0.15, 0.2) is 24.3 Å². The maximum Gasteiger partial charge on any atom is 0.233 e.